The van der Waals surface area contributed by atoms with Gasteiger partial charge in [-0.15, -0.1) is 0 Å². The molecule has 1 aliphatic carbocycles. The molecule has 0 heterocycles. The number of hydrogen-bond acceptors (Lipinski definition) is 0. The van der Waals surface area contributed by atoms with Gasteiger partial charge in [0.25, 0.3) is 0 Å². The van der Waals surface area contributed by atoms with E-state index in [1.54, 1.807) is 0 Å². The van der Waals surface area contributed by atoms with Crippen molar-refractivity contribution in [3.8, 4) is 0 Å². The van der Waals surface area contributed by atoms with E-state index in [0.29, 0.717) is 5.41 Å². The predicted molar refractivity (Wildman–Crippen MR) is 40.6 cm³/mol. The van der Waals surface area contributed by atoms with Gasteiger partial charge in [0.05, 0.1) is 7.85 Å². The molecule has 0 saturated heterocycles. The average Bonchev–Trinajstić information content (AvgIpc) is 1.67. The zero-order valence-electron chi connectivity index (χ0n) is 4.99. The Balaban J connectivity index is 2.33. The van der Waals surface area contributed by atoms with E-state index in [-0.39, 0.29) is 0 Å². The first kappa shape index (κ1) is 6.66. The zero-order chi connectivity index (χ0) is 6.04. The van der Waals surface area contributed by atoms with Crippen LogP contribution in [-0.2, 0) is 0 Å². The van der Waals surface area contributed by atoms with Crippen LogP contribution in [-0.4, -0.2) is 13.2 Å². The van der Waals surface area contributed by atoms with Crippen molar-refractivity contribution in [1.29, 1.82) is 0 Å². The number of rotatable bonds is 2. The van der Waals surface area contributed by atoms with Crippen LogP contribution in [0.15, 0.2) is 0 Å². The van der Waals surface area contributed by atoms with Crippen molar-refractivity contribution >= 4 is 23.8 Å². The third-order valence-electron chi connectivity index (χ3n) is 2.13. The van der Waals surface area contributed by atoms with Crippen LogP contribution in [0.4, 0.5) is 0 Å². The summed E-state index contributed by atoms with van der Waals surface area (Å²) in [5.41, 5.74) is 0.500. The smallest absolute Gasteiger partial charge is 0.0660 e. The summed E-state index contributed by atoms with van der Waals surface area (Å²) in [6.45, 7) is 0. The maximum absolute atomic E-state index is 5.55. The molecule has 0 bridgehead atoms. The van der Waals surface area contributed by atoms with Crippen molar-refractivity contribution < 1.29 is 0 Å². The van der Waals surface area contributed by atoms with E-state index in [1.165, 1.54) is 19.3 Å². The van der Waals surface area contributed by atoms with E-state index in [2.05, 4.69) is 15.9 Å². The van der Waals surface area contributed by atoms with Crippen molar-refractivity contribution in [2.75, 3.05) is 5.33 Å². The first-order chi connectivity index (χ1) is 3.83. The van der Waals surface area contributed by atoms with Gasteiger partial charge >= 0.3 is 0 Å². The van der Waals surface area contributed by atoms with Crippen molar-refractivity contribution in [3.05, 3.63) is 0 Å². The molecule has 44 valence electrons. The van der Waals surface area contributed by atoms with Crippen LogP contribution >= 0.6 is 15.9 Å². The summed E-state index contributed by atoms with van der Waals surface area (Å²) in [6.07, 6.45) is 4.89. The second-order valence-electron chi connectivity index (χ2n) is 2.69. The lowest BCUT2D eigenvalue weighted by molar-refractivity contribution is 0.200. The molecule has 0 aliphatic heterocycles. The molecular formula is C6H10BBr. The van der Waals surface area contributed by atoms with Gasteiger partial charge in [-0.2, -0.15) is 0 Å². The Labute approximate surface area is 60.6 Å². The normalized spacial score (nSPS) is 24.6. The van der Waals surface area contributed by atoms with Crippen molar-refractivity contribution in [3.63, 3.8) is 0 Å². The maximum Gasteiger partial charge on any atom is 0.0660 e. The molecule has 2 radical (unpaired) electrons. The van der Waals surface area contributed by atoms with Gasteiger partial charge in [-0.1, -0.05) is 28.7 Å². The van der Waals surface area contributed by atoms with E-state index in [0.717, 1.165) is 11.7 Å². The Morgan fingerprint density at radius 3 is 2.12 bits per heavy atom. The summed E-state index contributed by atoms with van der Waals surface area (Å²) in [4.78, 5) is 0. The largest absolute Gasteiger partial charge is 0.0922 e. The molecule has 8 heavy (non-hydrogen) atoms. The van der Waals surface area contributed by atoms with Crippen LogP contribution < -0.4 is 0 Å². The Kier molecular flexibility index (Phi) is 2.02. The predicted octanol–water partition coefficient (Wildman–Crippen LogP) is 2.14. The molecule has 1 aliphatic rings. The lowest BCUT2D eigenvalue weighted by Crippen LogP contribution is -2.30. The van der Waals surface area contributed by atoms with E-state index < -0.39 is 0 Å². The fourth-order valence-corrected chi connectivity index (χ4v) is 1.86. The van der Waals surface area contributed by atoms with Crippen LogP contribution in [0, 0.1) is 5.41 Å². The lowest BCUT2D eigenvalue weighted by Gasteiger charge is -2.40. The Bertz CT molecular complexity index is 65.1. The molecule has 1 rings (SSSR count). The maximum atomic E-state index is 5.55. The number of halogens is 1. The van der Waals surface area contributed by atoms with E-state index in [1.807, 2.05) is 0 Å². The molecule has 1 fully saturated rings. The third-order valence-corrected chi connectivity index (χ3v) is 3.32. The topological polar surface area (TPSA) is 0 Å². The second kappa shape index (κ2) is 2.42. The molecule has 0 aromatic rings. The molecular weight excluding hydrogens is 163 g/mol. The molecule has 0 aromatic heterocycles. The molecule has 0 spiro atoms. The Morgan fingerprint density at radius 1 is 1.50 bits per heavy atom. The van der Waals surface area contributed by atoms with Crippen molar-refractivity contribution in [2.45, 2.75) is 25.6 Å². The molecule has 0 atom stereocenters. The highest BCUT2D eigenvalue weighted by molar-refractivity contribution is 9.09. The third kappa shape index (κ3) is 0.951. The molecule has 2 heteroatoms. The zero-order valence-corrected chi connectivity index (χ0v) is 6.58. The van der Waals surface area contributed by atoms with Gasteiger partial charge in [-0.3, -0.25) is 0 Å². The van der Waals surface area contributed by atoms with E-state index in [9.17, 15) is 0 Å². The SMILES string of the molecule is [B]CC1(CBr)CCC1. The van der Waals surface area contributed by atoms with Gasteiger partial charge in [0.1, 0.15) is 0 Å². The fraction of sp³-hybridized carbons (Fsp3) is 1.00. The summed E-state index contributed by atoms with van der Waals surface area (Å²) >= 11 is 3.46. The van der Waals surface area contributed by atoms with Crippen LogP contribution in [0.2, 0.25) is 6.32 Å². The standard InChI is InChI=1S/C6H10BBr/c7-4-6(5-8)2-1-3-6/h1-5H2. The summed E-state index contributed by atoms with van der Waals surface area (Å²) in [5, 5.41) is 1.09. The minimum absolute atomic E-state index is 0.500. The number of alkyl halides is 1. The molecule has 1 saturated carbocycles. The van der Waals surface area contributed by atoms with Gasteiger partial charge in [-0.05, 0) is 18.3 Å². The lowest BCUT2D eigenvalue weighted by atomic mass is 9.63. The van der Waals surface area contributed by atoms with Crippen molar-refractivity contribution in [2.24, 2.45) is 5.41 Å². The van der Waals surface area contributed by atoms with Crippen LogP contribution in [0.3, 0.4) is 0 Å². The first-order valence-electron chi connectivity index (χ1n) is 3.09. The van der Waals surface area contributed by atoms with Gasteiger partial charge in [-0.25, -0.2) is 0 Å². The van der Waals surface area contributed by atoms with Crippen LogP contribution in [0.1, 0.15) is 19.3 Å². The van der Waals surface area contributed by atoms with Crippen molar-refractivity contribution in [1.82, 2.24) is 0 Å². The molecule has 0 N–H and O–H groups in total. The molecule has 0 amide bonds. The monoisotopic (exact) mass is 172 g/mol. The Morgan fingerprint density at radius 2 is 2.12 bits per heavy atom. The first-order valence-corrected chi connectivity index (χ1v) is 4.21. The quantitative estimate of drug-likeness (QED) is 0.443. The van der Waals surface area contributed by atoms with Gasteiger partial charge < -0.3 is 0 Å². The van der Waals surface area contributed by atoms with Crippen LogP contribution in [0.25, 0.3) is 0 Å². The van der Waals surface area contributed by atoms with E-state index in [4.69, 9.17) is 7.85 Å². The summed E-state index contributed by atoms with van der Waals surface area (Å²) in [5.74, 6) is 0. The summed E-state index contributed by atoms with van der Waals surface area (Å²) in [6, 6.07) is 0. The molecule has 0 aromatic carbocycles. The van der Waals surface area contributed by atoms with E-state index >= 15 is 0 Å². The molecule has 0 unspecified atom stereocenters. The fourth-order valence-electron chi connectivity index (χ4n) is 1.07. The van der Waals surface area contributed by atoms with Gasteiger partial charge in [0, 0.05) is 5.33 Å². The highest BCUT2D eigenvalue weighted by atomic mass is 79.9. The minimum Gasteiger partial charge on any atom is -0.0922 e. The minimum atomic E-state index is 0.500. The summed E-state index contributed by atoms with van der Waals surface area (Å²) in [7, 11) is 5.55. The van der Waals surface area contributed by atoms with Gasteiger partial charge in [0.2, 0.25) is 0 Å². The Hall–Kier alpha value is 0.545. The highest BCUT2D eigenvalue weighted by Gasteiger charge is 2.32. The average molecular weight is 173 g/mol. The van der Waals surface area contributed by atoms with Crippen LogP contribution in [0.5, 0.6) is 0 Å². The number of hydrogen-bond donors (Lipinski definition) is 0. The summed E-state index contributed by atoms with van der Waals surface area (Å²) < 4.78 is 0. The highest BCUT2D eigenvalue weighted by Crippen LogP contribution is 2.44. The second-order valence-corrected chi connectivity index (χ2v) is 3.25. The van der Waals surface area contributed by atoms with Gasteiger partial charge in [0.15, 0.2) is 0 Å². The molecule has 0 nitrogen and oxygen atoms in total.